The van der Waals surface area contributed by atoms with Gasteiger partial charge >= 0.3 is 6.03 Å². The number of urea groups is 1. The van der Waals surface area contributed by atoms with Crippen LogP contribution in [0.3, 0.4) is 0 Å². The Bertz CT molecular complexity index is 1350. The van der Waals surface area contributed by atoms with Gasteiger partial charge in [-0.2, -0.15) is 5.26 Å². The predicted molar refractivity (Wildman–Crippen MR) is 135 cm³/mol. The smallest absolute Gasteiger partial charge is 0.328 e. The molecule has 4 rings (SSSR count). The minimum atomic E-state index is -2.01. The molecule has 2 unspecified atom stereocenters. The van der Waals surface area contributed by atoms with Crippen molar-refractivity contribution in [2.45, 2.75) is 39.2 Å². The van der Waals surface area contributed by atoms with Crippen LogP contribution in [0, 0.1) is 18.3 Å². The summed E-state index contributed by atoms with van der Waals surface area (Å²) >= 11 is 5.98. The number of alkyl halides is 1. The number of pyridine rings is 2. The first-order valence-corrected chi connectivity index (χ1v) is 12.0. The first-order valence-electron chi connectivity index (χ1n) is 11.6. The highest BCUT2D eigenvalue weighted by Gasteiger charge is 2.46. The van der Waals surface area contributed by atoms with Crippen LogP contribution in [-0.4, -0.2) is 50.6 Å². The van der Waals surface area contributed by atoms with E-state index in [2.05, 4.69) is 15.3 Å². The SMILES string of the molecule is CCCN1C(=O)C(F)C(Nc2ccc(Oc3cccc(C#N)n3)c(C)n2)N(Cc2ccc(Cl)cc2)C1=O. The number of aryl methyl sites for hydroxylation is 1. The van der Waals surface area contributed by atoms with Crippen molar-refractivity contribution in [1.82, 2.24) is 19.8 Å². The molecule has 3 amide bonds. The van der Waals surface area contributed by atoms with E-state index in [0.717, 1.165) is 10.5 Å². The van der Waals surface area contributed by atoms with Gasteiger partial charge in [-0.15, -0.1) is 0 Å². The fraction of sp³-hybridized carbons (Fsp3) is 0.269. The van der Waals surface area contributed by atoms with Crippen LogP contribution in [0.1, 0.15) is 30.3 Å². The molecule has 3 heterocycles. The van der Waals surface area contributed by atoms with Crippen LogP contribution in [0.2, 0.25) is 5.02 Å². The number of benzene rings is 1. The maximum absolute atomic E-state index is 15.5. The number of nitrogens with one attached hydrogen (secondary N) is 1. The lowest BCUT2D eigenvalue weighted by atomic mass is 10.1. The number of hydrogen-bond donors (Lipinski definition) is 1. The van der Waals surface area contributed by atoms with Gasteiger partial charge in [-0.25, -0.2) is 19.2 Å². The van der Waals surface area contributed by atoms with Crippen molar-refractivity contribution in [3.05, 3.63) is 76.6 Å². The summed E-state index contributed by atoms with van der Waals surface area (Å²) in [5.41, 5.74) is 1.39. The largest absolute Gasteiger partial charge is 0.437 e. The lowest BCUT2D eigenvalue weighted by Gasteiger charge is -2.42. The van der Waals surface area contributed by atoms with Crippen LogP contribution >= 0.6 is 11.6 Å². The first kappa shape index (κ1) is 25.9. The third-order valence-electron chi connectivity index (χ3n) is 5.69. The average molecular weight is 523 g/mol. The number of aromatic nitrogens is 2. The molecule has 1 N–H and O–H groups in total. The van der Waals surface area contributed by atoms with E-state index in [-0.39, 0.29) is 30.5 Å². The Morgan fingerprint density at radius 2 is 1.89 bits per heavy atom. The number of ether oxygens (including phenoxy) is 1. The average Bonchev–Trinajstić information content (AvgIpc) is 2.90. The standard InChI is InChI=1S/C26H24ClFN6O3/c1-3-13-33-25(35)23(28)24(34(26(33)36)15-17-7-9-18(27)10-8-17)32-21-12-11-20(16(2)30-21)37-22-6-4-5-19(14-29)31-22/h4-12,23-24H,3,13,15H2,1-2H3,(H,30,32). The number of carbonyl (C=O) groups excluding carboxylic acids is 2. The number of hydrogen-bond acceptors (Lipinski definition) is 7. The highest BCUT2D eigenvalue weighted by molar-refractivity contribution is 6.30. The number of halogens is 2. The van der Waals surface area contributed by atoms with Crippen LogP contribution in [0.25, 0.3) is 0 Å². The first-order chi connectivity index (χ1) is 17.8. The monoisotopic (exact) mass is 522 g/mol. The summed E-state index contributed by atoms with van der Waals surface area (Å²) in [5, 5.41) is 12.5. The van der Waals surface area contributed by atoms with Crippen molar-refractivity contribution < 1.29 is 18.7 Å². The normalized spacial score (nSPS) is 17.5. The minimum absolute atomic E-state index is 0.0582. The van der Waals surface area contributed by atoms with E-state index in [1.54, 1.807) is 61.5 Å². The molecule has 1 aromatic carbocycles. The zero-order chi connectivity index (χ0) is 26.5. The minimum Gasteiger partial charge on any atom is -0.437 e. The molecule has 37 heavy (non-hydrogen) atoms. The number of nitrogens with zero attached hydrogens (tertiary/aromatic N) is 5. The van der Waals surface area contributed by atoms with Gasteiger partial charge in [0.2, 0.25) is 12.1 Å². The molecule has 1 fully saturated rings. The highest BCUT2D eigenvalue weighted by Crippen LogP contribution is 2.28. The molecule has 0 radical (unpaired) electrons. The Morgan fingerprint density at radius 3 is 2.57 bits per heavy atom. The van der Waals surface area contributed by atoms with Crippen molar-refractivity contribution in [1.29, 1.82) is 5.26 Å². The van der Waals surface area contributed by atoms with Gasteiger partial charge < -0.3 is 10.1 Å². The fourth-order valence-corrected chi connectivity index (χ4v) is 4.00. The third-order valence-corrected chi connectivity index (χ3v) is 5.94. The van der Waals surface area contributed by atoms with Crippen molar-refractivity contribution in [2.24, 2.45) is 0 Å². The number of carbonyl (C=O) groups is 2. The second-order valence-electron chi connectivity index (χ2n) is 8.37. The molecule has 1 aliphatic rings. The highest BCUT2D eigenvalue weighted by atomic mass is 35.5. The molecular weight excluding hydrogens is 499 g/mol. The Balaban J connectivity index is 1.59. The van der Waals surface area contributed by atoms with E-state index in [1.165, 1.54) is 4.90 Å². The summed E-state index contributed by atoms with van der Waals surface area (Å²) < 4.78 is 21.2. The Kier molecular flexibility index (Phi) is 7.84. The molecule has 2 aromatic heterocycles. The molecule has 2 atom stereocenters. The molecule has 0 aliphatic carbocycles. The quantitative estimate of drug-likeness (QED) is 0.440. The Labute approximate surface area is 218 Å². The molecule has 1 saturated heterocycles. The van der Waals surface area contributed by atoms with Crippen LogP contribution in [0.15, 0.2) is 54.6 Å². The molecule has 11 heteroatoms. The van der Waals surface area contributed by atoms with Gasteiger partial charge in [0.15, 0.2) is 5.75 Å². The molecule has 3 aromatic rings. The zero-order valence-corrected chi connectivity index (χ0v) is 20.9. The van der Waals surface area contributed by atoms with Gasteiger partial charge in [-0.1, -0.05) is 36.7 Å². The van der Waals surface area contributed by atoms with Gasteiger partial charge in [0.1, 0.15) is 23.7 Å². The molecule has 190 valence electrons. The van der Waals surface area contributed by atoms with E-state index in [1.807, 2.05) is 13.0 Å². The van der Waals surface area contributed by atoms with Crippen LogP contribution in [0.4, 0.5) is 15.0 Å². The third kappa shape index (κ3) is 5.78. The van der Waals surface area contributed by atoms with Crippen molar-refractivity contribution >= 4 is 29.4 Å². The molecular formula is C26H24ClFN6O3. The molecule has 0 bridgehead atoms. The van der Waals surface area contributed by atoms with Crippen LogP contribution in [0.5, 0.6) is 11.6 Å². The van der Waals surface area contributed by atoms with Crippen LogP contribution < -0.4 is 10.1 Å². The van der Waals surface area contributed by atoms with E-state index >= 15 is 4.39 Å². The number of amides is 3. The topological polar surface area (TPSA) is 111 Å². The van der Waals surface area contributed by atoms with E-state index in [0.29, 0.717) is 22.9 Å². The van der Waals surface area contributed by atoms with Gasteiger partial charge in [-0.05, 0) is 49.2 Å². The maximum Gasteiger partial charge on any atom is 0.328 e. The number of anilines is 1. The van der Waals surface area contributed by atoms with Crippen molar-refractivity contribution in [3.63, 3.8) is 0 Å². The lowest BCUT2D eigenvalue weighted by Crippen LogP contribution is -2.65. The summed E-state index contributed by atoms with van der Waals surface area (Å²) in [7, 11) is 0. The van der Waals surface area contributed by atoms with Crippen molar-refractivity contribution in [2.75, 3.05) is 11.9 Å². The summed E-state index contributed by atoms with van der Waals surface area (Å²) in [6, 6.07) is 16.2. The summed E-state index contributed by atoms with van der Waals surface area (Å²) in [5.74, 6) is -0.0336. The van der Waals surface area contributed by atoms with Crippen LogP contribution in [-0.2, 0) is 11.3 Å². The molecule has 9 nitrogen and oxygen atoms in total. The van der Waals surface area contributed by atoms with Gasteiger partial charge in [0.25, 0.3) is 5.91 Å². The molecule has 1 aliphatic heterocycles. The maximum atomic E-state index is 15.5. The van der Waals surface area contributed by atoms with Crippen molar-refractivity contribution in [3.8, 4) is 17.7 Å². The zero-order valence-electron chi connectivity index (χ0n) is 20.2. The van der Waals surface area contributed by atoms with Gasteiger partial charge in [0, 0.05) is 24.2 Å². The van der Waals surface area contributed by atoms with E-state index in [9.17, 15) is 9.59 Å². The predicted octanol–water partition coefficient (Wildman–Crippen LogP) is 5.05. The fourth-order valence-electron chi connectivity index (χ4n) is 3.88. The van der Waals surface area contributed by atoms with Gasteiger partial charge in [0.05, 0.1) is 5.69 Å². The summed E-state index contributed by atoms with van der Waals surface area (Å²) in [6.45, 7) is 3.67. The summed E-state index contributed by atoms with van der Waals surface area (Å²) in [4.78, 5) is 36.7. The molecule has 0 saturated carbocycles. The second-order valence-corrected chi connectivity index (χ2v) is 8.81. The second kappa shape index (κ2) is 11.2. The van der Waals surface area contributed by atoms with E-state index in [4.69, 9.17) is 21.6 Å². The van der Waals surface area contributed by atoms with Gasteiger partial charge in [-0.3, -0.25) is 14.6 Å². The Hall–Kier alpha value is -4.23. The number of imide groups is 1. The van der Waals surface area contributed by atoms with E-state index < -0.39 is 24.3 Å². The Morgan fingerprint density at radius 1 is 1.14 bits per heavy atom. The number of rotatable bonds is 8. The molecule has 0 spiro atoms. The summed E-state index contributed by atoms with van der Waals surface area (Å²) in [6.07, 6.45) is -2.78. The lowest BCUT2D eigenvalue weighted by molar-refractivity contribution is -0.139. The number of nitriles is 1.